The number of fused-ring (bicyclic) bond motifs is 1. The van der Waals surface area contributed by atoms with Crippen molar-refractivity contribution in [3.8, 4) is 11.4 Å². The van der Waals surface area contributed by atoms with Crippen LogP contribution in [0, 0.1) is 6.92 Å². The summed E-state index contributed by atoms with van der Waals surface area (Å²) in [5.74, 6) is 2.89. The van der Waals surface area contributed by atoms with Gasteiger partial charge in [-0.1, -0.05) is 35.9 Å². The molecular weight excluding hydrogens is 400 g/mol. The number of H-pyrrole nitrogens is 1. The first-order valence-electron chi connectivity index (χ1n) is 9.87. The minimum Gasteiger partial charge on any atom is -0.378 e. The van der Waals surface area contributed by atoms with Gasteiger partial charge in [-0.2, -0.15) is 5.10 Å². The molecule has 2 N–H and O–H groups in total. The molecule has 0 saturated carbocycles. The third kappa shape index (κ3) is 3.46. The molecule has 2 aromatic carbocycles. The van der Waals surface area contributed by atoms with Crippen LogP contribution in [-0.4, -0.2) is 46.5 Å². The van der Waals surface area contributed by atoms with Gasteiger partial charge in [-0.25, -0.2) is 9.97 Å². The second-order valence-electron chi connectivity index (χ2n) is 7.17. The van der Waals surface area contributed by atoms with Crippen LogP contribution in [0.4, 0.5) is 17.5 Å². The van der Waals surface area contributed by atoms with Crippen LogP contribution in [0.5, 0.6) is 0 Å². The lowest BCUT2D eigenvalue weighted by atomic mass is 10.2. The zero-order valence-electron chi connectivity index (χ0n) is 16.5. The maximum atomic E-state index is 6.46. The number of nitrogens with one attached hydrogen (secondary N) is 2. The third-order valence-corrected chi connectivity index (χ3v) is 5.58. The lowest BCUT2D eigenvalue weighted by Crippen LogP contribution is -2.37. The summed E-state index contributed by atoms with van der Waals surface area (Å²) in [6, 6.07) is 15.6. The van der Waals surface area contributed by atoms with Gasteiger partial charge in [-0.3, -0.25) is 5.10 Å². The van der Waals surface area contributed by atoms with E-state index in [4.69, 9.17) is 26.3 Å². The average molecular weight is 421 g/mol. The molecule has 5 rings (SSSR count). The highest BCUT2D eigenvalue weighted by atomic mass is 35.5. The largest absolute Gasteiger partial charge is 0.378 e. The predicted molar refractivity (Wildman–Crippen MR) is 120 cm³/mol. The van der Waals surface area contributed by atoms with Gasteiger partial charge in [-0.05, 0) is 31.2 Å². The first-order valence-corrected chi connectivity index (χ1v) is 10.2. The van der Waals surface area contributed by atoms with E-state index < -0.39 is 0 Å². The molecule has 0 bridgehead atoms. The molecule has 2 aromatic heterocycles. The number of benzene rings is 2. The number of rotatable bonds is 4. The highest BCUT2D eigenvalue weighted by Gasteiger charge is 2.21. The molecule has 30 heavy (non-hydrogen) atoms. The third-order valence-electron chi connectivity index (χ3n) is 5.25. The highest BCUT2D eigenvalue weighted by Crippen LogP contribution is 2.33. The van der Waals surface area contributed by atoms with E-state index in [-0.39, 0.29) is 0 Å². The van der Waals surface area contributed by atoms with Crippen LogP contribution in [0.3, 0.4) is 0 Å². The van der Waals surface area contributed by atoms with Crippen LogP contribution in [0.25, 0.3) is 22.3 Å². The Hall–Kier alpha value is -3.16. The van der Waals surface area contributed by atoms with Crippen molar-refractivity contribution in [1.29, 1.82) is 0 Å². The van der Waals surface area contributed by atoms with E-state index >= 15 is 0 Å². The van der Waals surface area contributed by atoms with Gasteiger partial charge in [0.2, 0.25) is 0 Å². The Balaban J connectivity index is 1.63. The first-order chi connectivity index (χ1) is 14.7. The summed E-state index contributed by atoms with van der Waals surface area (Å²) in [5.41, 5.74) is 2.72. The molecule has 0 amide bonds. The van der Waals surface area contributed by atoms with Crippen molar-refractivity contribution in [1.82, 2.24) is 20.2 Å². The summed E-state index contributed by atoms with van der Waals surface area (Å²) in [5, 5.41) is 12.5. The quantitative estimate of drug-likeness (QED) is 0.503. The molecule has 3 heterocycles. The molecule has 0 spiro atoms. The molecule has 1 aliphatic heterocycles. The van der Waals surface area contributed by atoms with Gasteiger partial charge >= 0.3 is 0 Å². The fourth-order valence-corrected chi connectivity index (χ4v) is 3.86. The molecule has 152 valence electrons. The molecule has 0 unspecified atom stereocenters. The summed E-state index contributed by atoms with van der Waals surface area (Å²) in [7, 11) is 0. The van der Waals surface area contributed by atoms with Gasteiger partial charge in [0.05, 0.1) is 23.8 Å². The molecule has 1 saturated heterocycles. The zero-order valence-corrected chi connectivity index (χ0v) is 17.3. The average Bonchev–Trinajstić information content (AvgIpc) is 3.19. The van der Waals surface area contributed by atoms with Gasteiger partial charge in [0.15, 0.2) is 11.6 Å². The molecule has 1 aliphatic rings. The van der Waals surface area contributed by atoms with Crippen molar-refractivity contribution in [2.75, 3.05) is 36.5 Å². The molecule has 4 aromatic rings. The molecule has 0 radical (unpaired) electrons. The van der Waals surface area contributed by atoms with Crippen LogP contribution in [-0.2, 0) is 4.74 Å². The maximum Gasteiger partial charge on any atom is 0.165 e. The van der Waals surface area contributed by atoms with E-state index in [1.54, 1.807) is 0 Å². The lowest BCUT2D eigenvalue weighted by molar-refractivity contribution is 0.122. The SMILES string of the molecule is Cc1c(Nc2n[nH]c3ccccc23)nc(-c2ccccc2Cl)nc1N1CCOCC1. The van der Waals surface area contributed by atoms with E-state index in [0.717, 1.165) is 46.8 Å². The van der Waals surface area contributed by atoms with Crippen molar-refractivity contribution < 1.29 is 4.74 Å². The number of nitrogens with zero attached hydrogens (tertiary/aromatic N) is 4. The van der Waals surface area contributed by atoms with Gasteiger partial charge in [0.25, 0.3) is 0 Å². The predicted octanol–water partition coefficient (Wildman–Crippen LogP) is 4.56. The van der Waals surface area contributed by atoms with Crippen molar-refractivity contribution in [2.45, 2.75) is 6.92 Å². The Morgan fingerprint density at radius 2 is 1.77 bits per heavy atom. The molecule has 1 fully saturated rings. The minimum atomic E-state index is 0.579. The highest BCUT2D eigenvalue weighted by molar-refractivity contribution is 6.33. The number of hydrogen-bond donors (Lipinski definition) is 2. The summed E-state index contributed by atoms with van der Waals surface area (Å²) in [6.07, 6.45) is 0. The normalized spacial score (nSPS) is 14.3. The molecule has 8 heteroatoms. The summed E-state index contributed by atoms with van der Waals surface area (Å²) in [4.78, 5) is 11.9. The fourth-order valence-electron chi connectivity index (χ4n) is 3.64. The van der Waals surface area contributed by atoms with Crippen LogP contribution >= 0.6 is 11.6 Å². The smallest absolute Gasteiger partial charge is 0.165 e. The molecular formula is C22H21ClN6O. The van der Waals surface area contributed by atoms with Gasteiger partial charge in [-0.15, -0.1) is 0 Å². The first kappa shape index (κ1) is 18.8. The van der Waals surface area contributed by atoms with Gasteiger partial charge < -0.3 is 15.0 Å². The second kappa shape index (κ2) is 7.93. The Labute approximate surface area is 179 Å². The fraction of sp³-hybridized carbons (Fsp3) is 0.227. The molecule has 0 aliphatic carbocycles. The monoisotopic (exact) mass is 420 g/mol. The van der Waals surface area contributed by atoms with Crippen LogP contribution in [0.15, 0.2) is 48.5 Å². The Kier molecular flexibility index (Phi) is 4.98. The maximum absolute atomic E-state index is 6.46. The second-order valence-corrected chi connectivity index (χ2v) is 7.57. The zero-order chi connectivity index (χ0) is 20.5. The standard InChI is InChI=1S/C22H21ClN6O/c1-14-19(25-21-16-7-3-5-9-18(16)27-28-21)24-20(15-6-2-4-8-17(15)23)26-22(14)29-10-12-30-13-11-29/h2-9H,10-13H2,1H3,(H2,24,25,26,27,28). The Bertz CT molecular complexity index is 1200. The van der Waals surface area contributed by atoms with E-state index in [1.807, 2.05) is 55.5 Å². The summed E-state index contributed by atoms with van der Waals surface area (Å²) < 4.78 is 5.52. The van der Waals surface area contributed by atoms with Crippen molar-refractivity contribution in [3.05, 3.63) is 59.1 Å². The number of aromatic amines is 1. The number of para-hydroxylation sites is 1. The Morgan fingerprint density at radius 3 is 2.60 bits per heavy atom. The van der Waals surface area contributed by atoms with E-state index in [0.29, 0.717) is 29.9 Å². The number of anilines is 3. The summed E-state index contributed by atoms with van der Waals surface area (Å²) >= 11 is 6.46. The number of aromatic nitrogens is 4. The van der Waals surface area contributed by atoms with Crippen molar-refractivity contribution in [3.63, 3.8) is 0 Å². The minimum absolute atomic E-state index is 0.579. The summed E-state index contributed by atoms with van der Waals surface area (Å²) in [6.45, 7) is 4.95. The Morgan fingerprint density at radius 1 is 1.00 bits per heavy atom. The van der Waals surface area contributed by atoms with E-state index in [2.05, 4.69) is 20.4 Å². The van der Waals surface area contributed by atoms with Gasteiger partial charge in [0, 0.05) is 29.6 Å². The van der Waals surface area contributed by atoms with Crippen LogP contribution in [0.1, 0.15) is 5.56 Å². The molecule has 0 atom stereocenters. The van der Waals surface area contributed by atoms with Crippen LogP contribution in [0.2, 0.25) is 5.02 Å². The number of morpholine rings is 1. The van der Waals surface area contributed by atoms with Crippen LogP contribution < -0.4 is 10.2 Å². The number of hydrogen-bond acceptors (Lipinski definition) is 6. The number of halogens is 1. The van der Waals surface area contributed by atoms with Crippen molar-refractivity contribution in [2.24, 2.45) is 0 Å². The van der Waals surface area contributed by atoms with Crippen molar-refractivity contribution >= 4 is 40.0 Å². The number of ether oxygens (including phenoxy) is 1. The van der Waals surface area contributed by atoms with E-state index in [9.17, 15) is 0 Å². The molecule has 7 nitrogen and oxygen atoms in total. The van der Waals surface area contributed by atoms with Gasteiger partial charge in [0.1, 0.15) is 11.6 Å². The van der Waals surface area contributed by atoms with E-state index in [1.165, 1.54) is 0 Å². The topological polar surface area (TPSA) is 79.0 Å². The lowest BCUT2D eigenvalue weighted by Gasteiger charge is -2.30.